The summed E-state index contributed by atoms with van der Waals surface area (Å²) < 4.78 is 37.6. The molecule has 0 aliphatic heterocycles. The Kier molecular flexibility index (Phi) is 6.98. The van der Waals surface area contributed by atoms with Crippen molar-refractivity contribution >= 4 is 49.1 Å². The van der Waals surface area contributed by atoms with Crippen LogP contribution in [0.2, 0.25) is 5.02 Å². The zero-order chi connectivity index (χ0) is 27.0. The highest BCUT2D eigenvalue weighted by molar-refractivity contribution is 7.92. The standard InChI is InChI=1S/C28H29ClN4O4S/c1-4-10-37-21-12-18(11-20(29)15-21)16-33-9-7-23-25(31-38(35,36)5-2)13-19(14-26(23)33)24-17-32(3)27-22(24)6-8-30-28(27)34/h6-9,11-15,17,31H,4-5,10,16H2,1-3H3,(H,30,34). The Morgan fingerprint density at radius 3 is 2.66 bits per heavy atom. The van der Waals surface area contributed by atoms with E-state index >= 15 is 0 Å². The van der Waals surface area contributed by atoms with Gasteiger partial charge in [0.1, 0.15) is 11.3 Å². The minimum Gasteiger partial charge on any atom is -0.494 e. The van der Waals surface area contributed by atoms with E-state index in [-0.39, 0.29) is 11.3 Å². The van der Waals surface area contributed by atoms with Crippen molar-refractivity contribution < 1.29 is 13.2 Å². The first-order valence-electron chi connectivity index (χ1n) is 12.4. The zero-order valence-corrected chi connectivity index (χ0v) is 23.0. The summed E-state index contributed by atoms with van der Waals surface area (Å²) in [5, 5.41) is 2.14. The Morgan fingerprint density at radius 1 is 1.08 bits per heavy atom. The molecule has 5 rings (SSSR count). The summed E-state index contributed by atoms with van der Waals surface area (Å²) in [6.45, 7) is 4.75. The van der Waals surface area contributed by atoms with Gasteiger partial charge in [0.2, 0.25) is 10.0 Å². The van der Waals surface area contributed by atoms with E-state index < -0.39 is 10.0 Å². The summed E-state index contributed by atoms with van der Waals surface area (Å²) in [5.74, 6) is 0.662. The highest BCUT2D eigenvalue weighted by Crippen LogP contribution is 2.36. The second-order valence-corrected chi connectivity index (χ2v) is 11.7. The van der Waals surface area contributed by atoms with Crippen LogP contribution in [-0.2, 0) is 23.6 Å². The van der Waals surface area contributed by atoms with Crippen molar-refractivity contribution in [3.8, 4) is 16.9 Å². The Morgan fingerprint density at radius 2 is 1.89 bits per heavy atom. The van der Waals surface area contributed by atoms with E-state index in [0.29, 0.717) is 35.1 Å². The molecule has 198 valence electrons. The second-order valence-electron chi connectivity index (χ2n) is 9.27. The molecule has 2 N–H and O–H groups in total. The maximum atomic E-state index is 12.6. The van der Waals surface area contributed by atoms with Crippen LogP contribution in [0.15, 0.2) is 65.8 Å². The fourth-order valence-electron chi connectivity index (χ4n) is 4.72. The number of rotatable bonds is 9. The molecule has 0 bridgehead atoms. The van der Waals surface area contributed by atoms with Gasteiger partial charge in [0, 0.05) is 53.5 Å². The molecule has 2 aromatic carbocycles. The van der Waals surface area contributed by atoms with E-state index in [1.807, 2.05) is 62.8 Å². The van der Waals surface area contributed by atoms with Crippen molar-refractivity contribution in [2.24, 2.45) is 7.05 Å². The van der Waals surface area contributed by atoms with Crippen molar-refractivity contribution in [3.63, 3.8) is 0 Å². The number of halogens is 1. The monoisotopic (exact) mass is 552 g/mol. The van der Waals surface area contributed by atoms with E-state index in [1.54, 1.807) is 23.8 Å². The molecule has 38 heavy (non-hydrogen) atoms. The summed E-state index contributed by atoms with van der Waals surface area (Å²) in [6.07, 6.45) is 6.33. The lowest BCUT2D eigenvalue weighted by molar-refractivity contribution is 0.317. The van der Waals surface area contributed by atoms with Gasteiger partial charge in [-0.15, -0.1) is 0 Å². The van der Waals surface area contributed by atoms with Crippen LogP contribution in [0.3, 0.4) is 0 Å². The lowest BCUT2D eigenvalue weighted by atomic mass is 10.0. The zero-order valence-electron chi connectivity index (χ0n) is 21.4. The summed E-state index contributed by atoms with van der Waals surface area (Å²) >= 11 is 6.38. The largest absolute Gasteiger partial charge is 0.494 e. The van der Waals surface area contributed by atoms with Crippen molar-refractivity contribution in [1.82, 2.24) is 14.1 Å². The smallest absolute Gasteiger partial charge is 0.272 e. The number of aromatic nitrogens is 3. The van der Waals surface area contributed by atoms with Crippen LogP contribution < -0.4 is 15.0 Å². The maximum absolute atomic E-state index is 12.6. The minimum atomic E-state index is -3.53. The molecule has 0 fully saturated rings. The molecule has 0 saturated heterocycles. The maximum Gasteiger partial charge on any atom is 0.272 e. The first-order chi connectivity index (χ1) is 18.2. The number of aryl methyl sites for hydroxylation is 1. The lowest BCUT2D eigenvalue weighted by Gasteiger charge is -2.13. The van der Waals surface area contributed by atoms with Crippen molar-refractivity contribution in [3.05, 3.63) is 82.0 Å². The molecule has 5 aromatic rings. The molecular formula is C28H29ClN4O4S. The molecule has 3 aromatic heterocycles. The SMILES string of the molecule is CCCOc1cc(Cl)cc(Cn2ccc3c(NS(=O)(=O)CC)cc(-c4cn(C)c5c(=O)[nH]ccc45)cc32)c1. The van der Waals surface area contributed by atoms with Crippen molar-refractivity contribution in [1.29, 1.82) is 0 Å². The number of nitrogens with zero attached hydrogens (tertiary/aromatic N) is 2. The number of nitrogens with one attached hydrogen (secondary N) is 2. The van der Waals surface area contributed by atoms with Crippen LogP contribution >= 0.6 is 11.6 Å². The predicted molar refractivity (Wildman–Crippen MR) is 154 cm³/mol. The topological polar surface area (TPSA) is 98.1 Å². The Labute approximate surface area is 225 Å². The molecule has 0 unspecified atom stereocenters. The number of H-pyrrole nitrogens is 1. The van der Waals surface area contributed by atoms with Gasteiger partial charge in [0.25, 0.3) is 5.56 Å². The van der Waals surface area contributed by atoms with Gasteiger partial charge in [-0.25, -0.2) is 8.42 Å². The van der Waals surface area contributed by atoms with Gasteiger partial charge in [0.15, 0.2) is 0 Å². The second kappa shape index (κ2) is 10.2. The average molecular weight is 553 g/mol. The van der Waals surface area contributed by atoms with E-state index in [1.165, 1.54) is 0 Å². The summed E-state index contributed by atoms with van der Waals surface area (Å²) in [4.78, 5) is 15.2. The fraction of sp³-hybridized carbons (Fsp3) is 0.250. The number of hydrogen-bond donors (Lipinski definition) is 2. The molecule has 0 spiro atoms. The van der Waals surface area contributed by atoms with Crippen molar-refractivity contribution in [2.45, 2.75) is 26.8 Å². The number of benzene rings is 2. The van der Waals surface area contributed by atoms with Crippen LogP contribution in [0.4, 0.5) is 5.69 Å². The molecule has 8 nitrogen and oxygen atoms in total. The highest BCUT2D eigenvalue weighted by Gasteiger charge is 2.18. The number of aromatic amines is 1. The number of anilines is 1. The molecule has 0 amide bonds. The molecule has 0 aliphatic rings. The molecule has 0 aliphatic carbocycles. The molecule has 0 saturated carbocycles. The Balaban J connectivity index is 1.67. The average Bonchev–Trinajstić information content (AvgIpc) is 3.44. The molecule has 0 radical (unpaired) electrons. The van der Waals surface area contributed by atoms with Crippen molar-refractivity contribution in [2.75, 3.05) is 17.1 Å². The van der Waals surface area contributed by atoms with E-state index in [9.17, 15) is 13.2 Å². The molecular weight excluding hydrogens is 524 g/mol. The first-order valence-corrected chi connectivity index (χ1v) is 14.4. The third-order valence-electron chi connectivity index (χ3n) is 6.50. The van der Waals surface area contributed by atoms with Gasteiger partial charge >= 0.3 is 0 Å². The van der Waals surface area contributed by atoms with Gasteiger partial charge in [-0.2, -0.15) is 0 Å². The molecule has 0 atom stereocenters. The van der Waals surface area contributed by atoms with Crippen LogP contribution in [0.5, 0.6) is 5.75 Å². The van der Waals surface area contributed by atoms with Gasteiger partial charge in [-0.1, -0.05) is 18.5 Å². The van der Waals surface area contributed by atoms with Gasteiger partial charge in [0.05, 0.1) is 23.6 Å². The Hall–Kier alpha value is -3.69. The lowest BCUT2D eigenvalue weighted by Crippen LogP contribution is -2.14. The van der Waals surface area contributed by atoms with Crippen LogP contribution in [0, 0.1) is 0 Å². The minimum absolute atomic E-state index is 0.0495. The summed E-state index contributed by atoms with van der Waals surface area (Å²) in [6, 6.07) is 13.3. The normalized spacial score (nSPS) is 11.9. The molecule has 10 heteroatoms. The van der Waals surface area contributed by atoms with E-state index in [4.69, 9.17) is 16.3 Å². The number of ether oxygens (including phenoxy) is 1. The highest BCUT2D eigenvalue weighted by atomic mass is 35.5. The Bertz CT molecular complexity index is 1820. The van der Waals surface area contributed by atoms with E-state index in [2.05, 4.69) is 14.3 Å². The third kappa shape index (κ3) is 5.04. The van der Waals surface area contributed by atoms with Gasteiger partial charge in [-0.3, -0.25) is 9.52 Å². The first kappa shape index (κ1) is 25.9. The van der Waals surface area contributed by atoms with Gasteiger partial charge in [-0.05, 0) is 66.9 Å². The molecule has 3 heterocycles. The van der Waals surface area contributed by atoms with Gasteiger partial charge < -0.3 is 18.9 Å². The number of fused-ring (bicyclic) bond motifs is 2. The predicted octanol–water partition coefficient (Wildman–Crippen LogP) is 5.74. The van der Waals surface area contributed by atoms with E-state index in [0.717, 1.165) is 39.4 Å². The summed E-state index contributed by atoms with van der Waals surface area (Å²) in [5.41, 5.74) is 4.27. The number of sulfonamides is 1. The fourth-order valence-corrected chi connectivity index (χ4v) is 5.62. The van der Waals surface area contributed by atoms with Crippen LogP contribution in [0.25, 0.3) is 32.9 Å². The third-order valence-corrected chi connectivity index (χ3v) is 8.01. The number of pyridine rings is 1. The van der Waals surface area contributed by atoms with Crippen LogP contribution in [-0.4, -0.2) is 34.9 Å². The summed E-state index contributed by atoms with van der Waals surface area (Å²) in [7, 11) is -1.71. The van der Waals surface area contributed by atoms with Crippen LogP contribution in [0.1, 0.15) is 25.8 Å². The quantitative estimate of drug-likeness (QED) is 0.243. The number of hydrogen-bond acceptors (Lipinski definition) is 4.